The van der Waals surface area contributed by atoms with Crippen LogP contribution in [0.3, 0.4) is 0 Å². The summed E-state index contributed by atoms with van der Waals surface area (Å²) in [5.74, 6) is -1.03. The minimum Gasteiger partial charge on any atom is -0.481 e. The van der Waals surface area contributed by atoms with Gasteiger partial charge < -0.3 is 10.4 Å². The predicted octanol–water partition coefficient (Wildman–Crippen LogP) is 1.40. The molecule has 3 atom stereocenters. The van der Waals surface area contributed by atoms with Crippen molar-refractivity contribution in [2.45, 2.75) is 45.6 Å². The van der Waals surface area contributed by atoms with Gasteiger partial charge in [-0.25, -0.2) is 0 Å². The maximum absolute atomic E-state index is 11.8. The minimum atomic E-state index is -0.780. The fourth-order valence-corrected chi connectivity index (χ4v) is 2.63. The molecule has 90 valence electrons. The van der Waals surface area contributed by atoms with Crippen molar-refractivity contribution >= 4 is 11.9 Å². The predicted molar refractivity (Wildman–Crippen MR) is 58.8 cm³/mol. The molecule has 0 aromatic carbocycles. The van der Waals surface area contributed by atoms with Gasteiger partial charge in [-0.3, -0.25) is 9.59 Å². The van der Waals surface area contributed by atoms with Crippen molar-refractivity contribution in [3.8, 4) is 0 Å². The Kier molecular flexibility index (Phi) is 2.68. The van der Waals surface area contributed by atoms with Crippen molar-refractivity contribution in [2.75, 3.05) is 0 Å². The topological polar surface area (TPSA) is 66.4 Å². The zero-order valence-electron chi connectivity index (χ0n) is 9.82. The lowest BCUT2D eigenvalue weighted by Gasteiger charge is -2.18. The van der Waals surface area contributed by atoms with Crippen LogP contribution < -0.4 is 5.32 Å². The van der Waals surface area contributed by atoms with E-state index in [2.05, 4.69) is 19.2 Å². The normalized spacial score (nSPS) is 35.8. The van der Waals surface area contributed by atoms with E-state index < -0.39 is 5.97 Å². The second kappa shape index (κ2) is 3.75. The van der Waals surface area contributed by atoms with Gasteiger partial charge in [-0.2, -0.15) is 0 Å². The molecule has 1 unspecified atom stereocenters. The highest BCUT2D eigenvalue weighted by molar-refractivity contribution is 5.83. The van der Waals surface area contributed by atoms with E-state index in [9.17, 15) is 9.59 Å². The number of hydrogen-bond donors (Lipinski definition) is 2. The van der Waals surface area contributed by atoms with Gasteiger partial charge in [-0.05, 0) is 24.7 Å². The molecule has 0 saturated heterocycles. The lowest BCUT2D eigenvalue weighted by atomic mass is 10.0. The molecule has 16 heavy (non-hydrogen) atoms. The number of carbonyl (C=O) groups is 2. The minimum absolute atomic E-state index is 0.0446. The van der Waals surface area contributed by atoms with Crippen LogP contribution in [0.1, 0.15) is 39.5 Å². The number of carboxylic acid groups (broad SMARTS) is 1. The van der Waals surface area contributed by atoms with Gasteiger partial charge in [0.05, 0.1) is 5.92 Å². The van der Waals surface area contributed by atoms with Gasteiger partial charge in [-0.15, -0.1) is 0 Å². The summed E-state index contributed by atoms with van der Waals surface area (Å²) in [4.78, 5) is 22.8. The van der Waals surface area contributed by atoms with E-state index in [0.29, 0.717) is 6.42 Å². The van der Waals surface area contributed by atoms with E-state index in [0.717, 1.165) is 19.3 Å². The van der Waals surface area contributed by atoms with Gasteiger partial charge >= 0.3 is 5.97 Å². The van der Waals surface area contributed by atoms with Crippen LogP contribution in [-0.4, -0.2) is 23.0 Å². The zero-order chi connectivity index (χ0) is 11.9. The summed E-state index contributed by atoms with van der Waals surface area (Å²) in [6.07, 6.45) is 3.31. The Morgan fingerprint density at radius 3 is 2.44 bits per heavy atom. The first kappa shape index (κ1) is 11.4. The first-order valence-electron chi connectivity index (χ1n) is 5.95. The van der Waals surface area contributed by atoms with E-state index in [1.165, 1.54) is 0 Å². The van der Waals surface area contributed by atoms with Gasteiger partial charge in [0.15, 0.2) is 0 Å². The number of rotatable bonds is 3. The summed E-state index contributed by atoms with van der Waals surface area (Å²) in [6, 6.07) is -0.151. The highest BCUT2D eigenvalue weighted by Gasteiger charge is 2.51. The van der Waals surface area contributed by atoms with Crippen molar-refractivity contribution in [1.82, 2.24) is 5.32 Å². The number of aliphatic carboxylic acids is 1. The molecule has 2 fully saturated rings. The van der Waals surface area contributed by atoms with E-state index in [-0.39, 0.29) is 29.2 Å². The van der Waals surface area contributed by atoms with Crippen molar-refractivity contribution in [1.29, 1.82) is 0 Å². The van der Waals surface area contributed by atoms with Gasteiger partial charge in [0, 0.05) is 12.0 Å². The lowest BCUT2D eigenvalue weighted by Crippen LogP contribution is -2.41. The molecule has 2 N–H and O–H groups in total. The Bertz CT molecular complexity index is 324. The molecule has 1 amide bonds. The fraction of sp³-hybridized carbons (Fsp3) is 0.833. The monoisotopic (exact) mass is 225 g/mol. The van der Waals surface area contributed by atoms with Crippen molar-refractivity contribution in [3.63, 3.8) is 0 Å². The van der Waals surface area contributed by atoms with Gasteiger partial charge in [0.2, 0.25) is 5.91 Å². The van der Waals surface area contributed by atoms with Crippen molar-refractivity contribution < 1.29 is 14.7 Å². The van der Waals surface area contributed by atoms with Crippen LogP contribution in [-0.2, 0) is 9.59 Å². The summed E-state index contributed by atoms with van der Waals surface area (Å²) in [6.45, 7) is 4.14. The lowest BCUT2D eigenvalue weighted by molar-refractivity contribution is -0.142. The Morgan fingerprint density at radius 1 is 1.31 bits per heavy atom. The van der Waals surface area contributed by atoms with Crippen LogP contribution >= 0.6 is 0 Å². The van der Waals surface area contributed by atoms with Crippen molar-refractivity contribution in [2.24, 2.45) is 17.3 Å². The standard InChI is InChI=1S/C12H19NO3/c1-12(2)6-8(12)10(14)13-9-5-3-4-7(9)11(15)16/h7-9H,3-6H2,1-2H3,(H,13,14)(H,15,16)/t7-,8?,9+/m0/s1. The molecule has 0 aliphatic heterocycles. The zero-order valence-corrected chi connectivity index (χ0v) is 9.82. The van der Waals surface area contributed by atoms with E-state index in [4.69, 9.17) is 5.11 Å². The highest BCUT2D eigenvalue weighted by Crippen LogP contribution is 2.51. The molecule has 0 aromatic rings. The fourth-order valence-electron chi connectivity index (χ4n) is 2.63. The Hall–Kier alpha value is -1.06. The molecular formula is C12H19NO3. The number of nitrogens with one attached hydrogen (secondary N) is 1. The molecule has 4 nitrogen and oxygen atoms in total. The van der Waals surface area contributed by atoms with Crippen LogP contribution in [0, 0.1) is 17.3 Å². The number of hydrogen-bond acceptors (Lipinski definition) is 2. The average molecular weight is 225 g/mol. The second-order valence-electron chi connectivity index (χ2n) is 5.74. The van der Waals surface area contributed by atoms with Crippen LogP contribution in [0.5, 0.6) is 0 Å². The van der Waals surface area contributed by atoms with Gasteiger partial charge in [-0.1, -0.05) is 20.3 Å². The third-order valence-corrected chi connectivity index (χ3v) is 3.99. The largest absolute Gasteiger partial charge is 0.481 e. The number of carbonyl (C=O) groups excluding carboxylic acids is 1. The molecule has 2 aliphatic rings. The molecule has 0 heterocycles. The average Bonchev–Trinajstić information content (AvgIpc) is 2.61. The molecule has 0 bridgehead atoms. The first-order valence-corrected chi connectivity index (χ1v) is 5.95. The summed E-state index contributed by atoms with van der Waals surface area (Å²) >= 11 is 0. The smallest absolute Gasteiger partial charge is 0.308 e. The van der Waals surface area contributed by atoms with Gasteiger partial charge in [0.25, 0.3) is 0 Å². The molecule has 4 heteroatoms. The number of carboxylic acids is 1. The maximum Gasteiger partial charge on any atom is 0.308 e. The van der Waals surface area contributed by atoms with Crippen LogP contribution in [0.4, 0.5) is 0 Å². The van der Waals surface area contributed by atoms with Crippen LogP contribution in [0.2, 0.25) is 0 Å². The van der Waals surface area contributed by atoms with E-state index in [1.54, 1.807) is 0 Å². The van der Waals surface area contributed by atoms with Crippen molar-refractivity contribution in [3.05, 3.63) is 0 Å². The van der Waals surface area contributed by atoms with E-state index >= 15 is 0 Å². The van der Waals surface area contributed by atoms with Crippen LogP contribution in [0.15, 0.2) is 0 Å². The number of amides is 1. The highest BCUT2D eigenvalue weighted by atomic mass is 16.4. The Balaban J connectivity index is 1.90. The summed E-state index contributed by atoms with van der Waals surface area (Å²) < 4.78 is 0. The summed E-state index contributed by atoms with van der Waals surface area (Å²) in [5, 5.41) is 11.9. The molecule has 0 radical (unpaired) electrons. The third kappa shape index (κ3) is 2.06. The first-order chi connectivity index (χ1) is 7.42. The molecule has 0 aromatic heterocycles. The van der Waals surface area contributed by atoms with Crippen LogP contribution in [0.25, 0.3) is 0 Å². The summed E-state index contributed by atoms with van der Waals surface area (Å²) in [7, 11) is 0. The quantitative estimate of drug-likeness (QED) is 0.763. The molecule has 2 rings (SSSR count). The molecule has 0 spiro atoms. The molecule has 2 saturated carbocycles. The maximum atomic E-state index is 11.8. The SMILES string of the molecule is CC1(C)CC1C(=O)N[C@@H]1CCC[C@@H]1C(=O)O. The Labute approximate surface area is 95.4 Å². The van der Waals surface area contributed by atoms with Gasteiger partial charge in [0.1, 0.15) is 0 Å². The Morgan fingerprint density at radius 2 is 1.94 bits per heavy atom. The molecule has 2 aliphatic carbocycles. The molecular weight excluding hydrogens is 206 g/mol. The second-order valence-corrected chi connectivity index (χ2v) is 5.74. The van der Waals surface area contributed by atoms with E-state index in [1.807, 2.05) is 0 Å². The third-order valence-electron chi connectivity index (χ3n) is 3.99. The summed E-state index contributed by atoms with van der Waals surface area (Å²) in [5.41, 5.74) is 0.113.